The molecule has 0 atom stereocenters. The molecule has 0 unspecified atom stereocenters. The van der Waals surface area contributed by atoms with Gasteiger partial charge in [0.05, 0.1) is 0 Å². The van der Waals surface area contributed by atoms with Gasteiger partial charge in [0, 0.05) is 24.4 Å². The van der Waals surface area contributed by atoms with Crippen molar-refractivity contribution in [1.82, 2.24) is 10.3 Å². The van der Waals surface area contributed by atoms with Gasteiger partial charge in [0.15, 0.2) is 5.78 Å². The third kappa shape index (κ3) is 3.44. The minimum atomic E-state index is -0.167. The molecule has 1 aromatic rings. The maximum Gasteiger partial charge on any atom is 0.267 e. The second-order valence-corrected chi connectivity index (χ2v) is 5.23. The molecule has 5 nitrogen and oxygen atoms in total. The number of aliphatic hydroxyl groups is 1. The zero-order valence-corrected chi connectivity index (χ0v) is 11.1. The van der Waals surface area contributed by atoms with Crippen LogP contribution in [-0.4, -0.2) is 34.4 Å². The normalized spacial score (nSPS) is 23.1. The van der Waals surface area contributed by atoms with Crippen LogP contribution in [0.15, 0.2) is 12.3 Å². The highest BCUT2D eigenvalue weighted by Gasteiger charge is 2.22. The van der Waals surface area contributed by atoms with E-state index in [2.05, 4.69) is 10.3 Å². The smallest absolute Gasteiger partial charge is 0.267 e. The van der Waals surface area contributed by atoms with Gasteiger partial charge in [-0.2, -0.15) is 0 Å². The summed E-state index contributed by atoms with van der Waals surface area (Å²) in [7, 11) is 0. The second-order valence-electron chi connectivity index (χ2n) is 5.23. The summed E-state index contributed by atoms with van der Waals surface area (Å²) >= 11 is 0. The fraction of sp³-hybridized carbons (Fsp3) is 0.571. The summed E-state index contributed by atoms with van der Waals surface area (Å²) in [6.45, 7) is 1.71. The summed E-state index contributed by atoms with van der Waals surface area (Å²) in [6, 6.07) is 1.75. The Bertz CT molecular complexity index is 459. The number of carbonyl (C=O) groups is 2. The zero-order valence-electron chi connectivity index (χ0n) is 11.1. The maximum atomic E-state index is 12.0. The van der Waals surface area contributed by atoms with Gasteiger partial charge in [-0.25, -0.2) is 0 Å². The standard InChI is InChI=1S/C14H20N2O3/c1-9(18)11-6-13(15-7-11)14(19)16-12-4-2-10(8-17)3-5-12/h6-7,10,12,15,17H,2-5,8H2,1H3,(H,16,19). The lowest BCUT2D eigenvalue weighted by Crippen LogP contribution is -2.38. The van der Waals surface area contributed by atoms with Crippen LogP contribution in [0.1, 0.15) is 53.5 Å². The van der Waals surface area contributed by atoms with Gasteiger partial charge in [-0.1, -0.05) is 0 Å². The summed E-state index contributed by atoms with van der Waals surface area (Å²) in [5.41, 5.74) is 0.948. The van der Waals surface area contributed by atoms with Crippen molar-refractivity contribution in [3.63, 3.8) is 0 Å². The topological polar surface area (TPSA) is 82.2 Å². The van der Waals surface area contributed by atoms with E-state index in [1.807, 2.05) is 0 Å². The van der Waals surface area contributed by atoms with Crippen LogP contribution in [0, 0.1) is 5.92 Å². The van der Waals surface area contributed by atoms with Crippen molar-refractivity contribution in [2.24, 2.45) is 5.92 Å². The van der Waals surface area contributed by atoms with Crippen LogP contribution in [0.4, 0.5) is 0 Å². The van der Waals surface area contributed by atoms with Gasteiger partial charge in [0.2, 0.25) is 0 Å². The summed E-state index contributed by atoms with van der Waals surface area (Å²) in [6.07, 6.45) is 5.25. The highest BCUT2D eigenvalue weighted by Crippen LogP contribution is 2.23. The number of nitrogens with one attached hydrogen (secondary N) is 2. The SMILES string of the molecule is CC(=O)c1c[nH]c(C(=O)NC2CCC(CO)CC2)c1. The number of carbonyl (C=O) groups excluding carboxylic acids is 2. The molecular formula is C14H20N2O3. The van der Waals surface area contributed by atoms with Crippen LogP contribution in [0.5, 0.6) is 0 Å². The van der Waals surface area contributed by atoms with Crippen molar-refractivity contribution in [3.8, 4) is 0 Å². The van der Waals surface area contributed by atoms with Crippen LogP contribution >= 0.6 is 0 Å². The van der Waals surface area contributed by atoms with E-state index < -0.39 is 0 Å². The Morgan fingerprint density at radius 3 is 2.58 bits per heavy atom. The van der Waals surface area contributed by atoms with Crippen LogP contribution in [0.25, 0.3) is 0 Å². The summed E-state index contributed by atoms with van der Waals surface area (Å²) in [4.78, 5) is 26.0. The monoisotopic (exact) mass is 264 g/mol. The fourth-order valence-corrected chi connectivity index (χ4v) is 2.48. The van der Waals surface area contributed by atoms with Gasteiger partial charge in [-0.15, -0.1) is 0 Å². The highest BCUT2D eigenvalue weighted by molar-refractivity contribution is 5.99. The van der Waals surface area contributed by atoms with E-state index in [1.54, 1.807) is 12.3 Å². The van der Waals surface area contributed by atoms with E-state index in [-0.39, 0.29) is 24.3 Å². The lowest BCUT2D eigenvalue weighted by Gasteiger charge is -2.27. The summed E-state index contributed by atoms with van der Waals surface area (Å²) in [5, 5.41) is 12.0. The molecule has 2 rings (SSSR count). The van der Waals surface area contributed by atoms with Crippen LogP contribution in [0.3, 0.4) is 0 Å². The first-order chi connectivity index (χ1) is 9.10. The molecule has 1 fully saturated rings. The van der Waals surface area contributed by atoms with Crippen molar-refractivity contribution in [3.05, 3.63) is 23.5 Å². The molecule has 5 heteroatoms. The van der Waals surface area contributed by atoms with Crippen LogP contribution < -0.4 is 5.32 Å². The van der Waals surface area contributed by atoms with Crippen LogP contribution in [0.2, 0.25) is 0 Å². The number of amides is 1. The Kier molecular flexibility index (Phi) is 4.37. The predicted octanol–water partition coefficient (Wildman–Crippen LogP) is 1.50. The number of hydrogen-bond acceptors (Lipinski definition) is 3. The predicted molar refractivity (Wildman–Crippen MR) is 71.1 cm³/mol. The number of aromatic nitrogens is 1. The number of Topliss-reactive ketones (excluding diaryl/α,β-unsaturated/α-hetero) is 1. The van der Waals surface area contributed by atoms with E-state index in [0.29, 0.717) is 17.2 Å². The summed E-state index contributed by atoms with van der Waals surface area (Å²) in [5.74, 6) is 0.154. The highest BCUT2D eigenvalue weighted by atomic mass is 16.3. The van der Waals surface area contributed by atoms with Gasteiger partial charge < -0.3 is 15.4 Å². The van der Waals surface area contributed by atoms with Crippen molar-refractivity contribution < 1.29 is 14.7 Å². The van der Waals surface area contributed by atoms with E-state index in [0.717, 1.165) is 25.7 Å². The lowest BCUT2D eigenvalue weighted by atomic mass is 9.86. The third-order valence-corrected chi connectivity index (χ3v) is 3.77. The van der Waals surface area contributed by atoms with Gasteiger partial charge >= 0.3 is 0 Å². The first kappa shape index (κ1) is 13.8. The molecule has 0 aromatic carbocycles. The van der Waals surface area contributed by atoms with Gasteiger partial charge in [0.1, 0.15) is 5.69 Å². The molecule has 0 spiro atoms. The largest absolute Gasteiger partial charge is 0.396 e. The first-order valence-corrected chi connectivity index (χ1v) is 6.71. The molecule has 104 valence electrons. The minimum Gasteiger partial charge on any atom is -0.396 e. The maximum absolute atomic E-state index is 12.0. The van der Waals surface area contributed by atoms with E-state index in [9.17, 15) is 9.59 Å². The van der Waals surface area contributed by atoms with E-state index in [4.69, 9.17) is 5.11 Å². The molecule has 19 heavy (non-hydrogen) atoms. The lowest BCUT2D eigenvalue weighted by molar-refractivity contribution is 0.0909. The Morgan fingerprint density at radius 1 is 1.37 bits per heavy atom. The Labute approximate surface area is 112 Å². The molecule has 1 aliphatic carbocycles. The number of rotatable bonds is 4. The Morgan fingerprint density at radius 2 is 2.05 bits per heavy atom. The van der Waals surface area contributed by atoms with E-state index in [1.165, 1.54) is 6.92 Å². The number of aliphatic hydroxyl groups excluding tert-OH is 1. The summed E-state index contributed by atoms with van der Waals surface area (Å²) < 4.78 is 0. The Hall–Kier alpha value is -1.62. The van der Waals surface area contributed by atoms with Crippen molar-refractivity contribution in [2.75, 3.05) is 6.61 Å². The van der Waals surface area contributed by atoms with Gasteiger partial charge in [-0.05, 0) is 44.6 Å². The number of aromatic amines is 1. The second kappa shape index (κ2) is 6.02. The fourth-order valence-electron chi connectivity index (χ4n) is 2.48. The zero-order chi connectivity index (χ0) is 13.8. The van der Waals surface area contributed by atoms with Crippen LogP contribution in [-0.2, 0) is 0 Å². The van der Waals surface area contributed by atoms with Crippen molar-refractivity contribution in [2.45, 2.75) is 38.6 Å². The quantitative estimate of drug-likeness (QED) is 0.721. The first-order valence-electron chi connectivity index (χ1n) is 6.71. The average molecular weight is 264 g/mol. The van der Waals surface area contributed by atoms with Crippen molar-refractivity contribution >= 4 is 11.7 Å². The molecule has 0 bridgehead atoms. The molecular weight excluding hydrogens is 244 g/mol. The molecule has 1 amide bonds. The molecule has 1 saturated carbocycles. The molecule has 1 aliphatic rings. The third-order valence-electron chi connectivity index (χ3n) is 3.77. The van der Waals surface area contributed by atoms with E-state index >= 15 is 0 Å². The molecule has 3 N–H and O–H groups in total. The van der Waals surface area contributed by atoms with Gasteiger partial charge in [0.25, 0.3) is 5.91 Å². The number of H-pyrrole nitrogens is 1. The Balaban J connectivity index is 1.88. The van der Waals surface area contributed by atoms with Gasteiger partial charge in [-0.3, -0.25) is 9.59 Å². The number of hydrogen-bond donors (Lipinski definition) is 3. The molecule has 1 heterocycles. The molecule has 0 aliphatic heterocycles. The average Bonchev–Trinajstić information content (AvgIpc) is 2.89. The molecule has 0 radical (unpaired) electrons. The number of ketones is 1. The minimum absolute atomic E-state index is 0.0567. The van der Waals surface area contributed by atoms with Crippen molar-refractivity contribution in [1.29, 1.82) is 0 Å². The molecule has 0 saturated heterocycles. The molecule has 1 aromatic heterocycles.